The van der Waals surface area contributed by atoms with Crippen LogP contribution in [0.5, 0.6) is 0 Å². The first-order chi connectivity index (χ1) is 7.52. The van der Waals surface area contributed by atoms with E-state index in [4.69, 9.17) is 5.11 Å². The van der Waals surface area contributed by atoms with Crippen molar-refractivity contribution in [2.75, 3.05) is 13.1 Å². The number of aliphatic carboxylic acids is 1. The van der Waals surface area contributed by atoms with Gasteiger partial charge in [0.25, 0.3) is 0 Å². The Kier molecular flexibility index (Phi) is 4.58. The van der Waals surface area contributed by atoms with Gasteiger partial charge in [-0.1, -0.05) is 6.92 Å². The van der Waals surface area contributed by atoms with Crippen LogP contribution in [0, 0.1) is 5.92 Å². The molecule has 1 saturated heterocycles. The second kappa shape index (κ2) is 5.72. The minimum Gasteiger partial charge on any atom is -0.481 e. The summed E-state index contributed by atoms with van der Waals surface area (Å²) in [5.41, 5.74) is 0. The molecule has 2 N–H and O–H groups in total. The lowest BCUT2D eigenvalue weighted by atomic mass is 9.92. The number of nitrogens with zero attached hydrogens (tertiary/aromatic N) is 1. The molecule has 0 aliphatic carbocycles. The van der Waals surface area contributed by atoms with Crippen molar-refractivity contribution in [2.45, 2.75) is 39.2 Å². The molecule has 1 aliphatic rings. The fraction of sp³-hybridized carbons (Fsp3) is 0.818. The van der Waals surface area contributed by atoms with Gasteiger partial charge in [0.15, 0.2) is 0 Å². The average molecular weight is 228 g/mol. The van der Waals surface area contributed by atoms with Gasteiger partial charge < -0.3 is 15.3 Å². The first-order valence-corrected chi connectivity index (χ1v) is 5.78. The second-order valence-corrected chi connectivity index (χ2v) is 4.43. The summed E-state index contributed by atoms with van der Waals surface area (Å²) in [6.45, 7) is 5.15. The molecule has 92 valence electrons. The molecule has 0 bridgehead atoms. The lowest BCUT2D eigenvalue weighted by Crippen LogP contribution is -2.50. The van der Waals surface area contributed by atoms with E-state index >= 15 is 0 Å². The van der Waals surface area contributed by atoms with E-state index < -0.39 is 5.97 Å². The zero-order valence-electron chi connectivity index (χ0n) is 9.90. The monoisotopic (exact) mass is 228 g/mol. The van der Waals surface area contributed by atoms with E-state index in [1.165, 1.54) is 0 Å². The molecular formula is C11H20N2O3. The molecule has 2 atom stereocenters. The number of carbonyl (C=O) groups excluding carboxylic acids is 1. The van der Waals surface area contributed by atoms with Crippen molar-refractivity contribution in [3.63, 3.8) is 0 Å². The molecular weight excluding hydrogens is 208 g/mol. The van der Waals surface area contributed by atoms with Crippen LogP contribution in [-0.2, 0) is 4.79 Å². The van der Waals surface area contributed by atoms with Gasteiger partial charge in [0.1, 0.15) is 0 Å². The summed E-state index contributed by atoms with van der Waals surface area (Å²) in [6.07, 6.45) is 2.15. The molecule has 16 heavy (non-hydrogen) atoms. The Morgan fingerprint density at radius 1 is 1.44 bits per heavy atom. The molecule has 1 fully saturated rings. The summed E-state index contributed by atoms with van der Waals surface area (Å²) >= 11 is 0. The van der Waals surface area contributed by atoms with Crippen molar-refractivity contribution in [3.8, 4) is 0 Å². The normalized spacial score (nSPS) is 25.2. The first kappa shape index (κ1) is 12.8. The summed E-state index contributed by atoms with van der Waals surface area (Å²) in [5, 5.41) is 11.1. The van der Waals surface area contributed by atoms with E-state index in [-0.39, 0.29) is 25.0 Å². The average Bonchev–Trinajstić information content (AvgIpc) is 2.21. The van der Waals surface area contributed by atoms with E-state index in [9.17, 15) is 9.59 Å². The zero-order chi connectivity index (χ0) is 12.1. The number of carbonyl (C=O) groups is 2. The highest BCUT2D eigenvalue weighted by Crippen LogP contribution is 2.22. The highest BCUT2D eigenvalue weighted by atomic mass is 16.4. The Balaban J connectivity index is 2.37. The fourth-order valence-corrected chi connectivity index (χ4v) is 2.00. The number of likely N-dealkylation sites (tertiary alicyclic amines) is 1. The van der Waals surface area contributed by atoms with Crippen LogP contribution in [0.15, 0.2) is 0 Å². The van der Waals surface area contributed by atoms with Gasteiger partial charge in [-0.05, 0) is 25.7 Å². The van der Waals surface area contributed by atoms with Crippen molar-refractivity contribution >= 4 is 12.0 Å². The molecule has 1 rings (SSSR count). The van der Waals surface area contributed by atoms with Gasteiger partial charge in [-0.2, -0.15) is 0 Å². The van der Waals surface area contributed by atoms with Gasteiger partial charge in [-0.15, -0.1) is 0 Å². The number of amides is 2. The summed E-state index contributed by atoms with van der Waals surface area (Å²) < 4.78 is 0. The molecule has 0 aromatic rings. The van der Waals surface area contributed by atoms with Crippen molar-refractivity contribution < 1.29 is 14.7 Å². The topological polar surface area (TPSA) is 69.6 Å². The number of hydrogen-bond donors (Lipinski definition) is 2. The standard InChI is InChI=1S/C11H20N2O3/c1-8-4-3-7-13(9(8)2)11(16)12-6-5-10(14)15/h8-9H,3-7H2,1-2H3,(H,12,16)(H,14,15). The Morgan fingerprint density at radius 3 is 2.75 bits per heavy atom. The van der Waals surface area contributed by atoms with Crippen molar-refractivity contribution in [1.82, 2.24) is 10.2 Å². The van der Waals surface area contributed by atoms with Crippen LogP contribution < -0.4 is 5.32 Å². The number of carboxylic acids is 1. The van der Waals surface area contributed by atoms with Gasteiger partial charge in [0, 0.05) is 19.1 Å². The molecule has 0 aromatic carbocycles. The third kappa shape index (κ3) is 3.40. The van der Waals surface area contributed by atoms with Gasteiger partial charge in [0.2, 0.25) is 0 Å². The lowest BCUT2D eigenvalue weighted by Gasteiger charge is -2.37. The van der Waals surface area contributed by atoms with Crippen LogP contribution in [0.2, 0.25) is 0 Å². The van der Waals surface area contributed by atoms with Crippen LogP contribution in [-0.4, -0.2) is 41.1 Å². The Morgan fingerprint density at radius 2 is 2.12 bits per heavy atom. The predicted molar refractivity (Wildman–Crippen MR) is 60.2 cm³/mol. The summed E-state index contributed by atoms with van der Waals surface area (Å²) in [5.74, 6) is -0.376. The predicted octanol–water partition coefficient (Wildman–Crippen LogP) is 1.29. The van der Waals surface area contributed by atoms with Crippen molar-refractivity contribution in [1.29, 1.82) is 0 Å². The molecule has 1 heterocycles. The van der Waals surface area contributed by atoms with E-state index in [1.54, 1.807) is 4.90 Å². The molecule has 5 nitrogen and oxygen atoms in total. The molecule has 0 aromatic heterocycles. The number of hydrogen-bond acceptors (Lipinski definition) is 2. The second-order valence-electron chi connectivity index (χ2n) is 4.43. The summed E-state index contributed by atoms with van der Waals surface area (Å²) in [6, 6.07) is 0.0962. The largest absolute Gasteiger partial charge is 0.481 e. The smallest absolute Gasteiger partial charge is 0.317 e. The molecule has 0 radical (unpaired) electrons. The molecule has 1 aliphatic heterocycles. The minimum absolute atomic E-state index is 0.0243. The molecule has 2 unspecified atom stereocenters. The Bertz CT molecular complexity index is 268. The third-order valence-corrected chi connectivity index (χ3v) is 3.25. The fourth-order valence-electron chi connectivity index (χ4n) is 2.00. The van der Waals surface area contributed by atoms with Crippen LogP contribution in [0.1, 0.15) is 33.1 Å². The van der Waals surface area contributed by atoms with Gasteiger partial charge in [-0.25, -0.2) is 4.79 Å². The van der Waals surface area contributed by atoms with Gasteiger partial charge >= 0.3 is 12.0 Å². The van der Waals surface area contributed by atoms with Crippen molar-refractivity contribution in [2.24, 2.45) is 5.92 Å². The number of carboxylic acid groups (broad SMARTS) is 1. The number of urea groups is 1. The van der Waals surface area contributed by atoms with E-state index in [0.717, 1.165) is 19.4 Å². The number of rotatable bonds is 3. The zero-order valence-corrected chi connectivity index (χ0v) is 9.90. The summed E-state index contributed by atoms with van der Waals surface area (Å²) in [7, 11) is 0. The molecule has 0 spiro atoms. The summed E-state index contributed by atoms with van der Waals surface area (Å²) in [4.78, 5) is 23.9. The minimum atomic E-state index is -0.889. The van der Waals surface area contributed by atoms with Crippen LogP contribution >= 0.6 is 0 Å². The number of piperidine rings is 1. The van der Waals surface area contributed by atoms with Crippen LogP contribution in [0.4, 0.5) is 4.79 Å². The SMILES string of the molecule is CC1CCCN(C(=O)NCCC(=O)O)C1C. The quantitative estimate of drug-likeness (QED) is 0.764. The maximum Gasteiger partial charge on any atom is 0.317 e. The highest BCUT2D eigenvalue weighted by molar-refractivity contribution is 5.75. The maximum atomic E-state index is 11.8. The van der Waals surface area contributed by atoms with E-state index in [2.05, 4.69) is 12.2 Å². The Hall–Kier alpha value is -1.26. The van der Waals surface area contributed by atoms with Crippen molar-refractivity contribution in [3.05, 3.63) is 0 Å². The number of nitrogens with one attached hydrogen (secondary N) is 1. The first-order valence-electron chi connectivity index (χ1n) is 5.78. The van der Waals surface area contributed by atoms with E-state index in [0.29, 0.717) is 5.92 Å². The lowest BCUT2D eigenvalue weighted by molar-refractivity contribution is -0.136. The maximum absolute atomic E-state index is 11.8. The molecule has 0 saturated carbocycles. The molecule has 2 amide bonds. The molecule has 5 heteroatoms. The van der Waals surface area contributed by atoms with E-state index in [1.807, 2.05) is 6.92 Å². The van der Waals surface area contributed by atoms with Gasteiger partial charge in [-0.3, -0.25) is 4.79 Å². The van der Waals surface area contributed by atoms with Crippen LogP contribution in [0.3, 0.4) is 0 Å². The third-order valence-electron chi connectivity index (χ3n) is 3.25. The Labute approximate surface area is 95.8 Å². The highest BCUT2D eigenvalue weighted by Gasteiger charge is 2.27. The van der Waals surface area contributed by atoms with Crippen LogP contribution in [0.25, 0.3) is 0 Å². The van der Waals surface area contributed by atoms with Gasteiger partial charge in [0.05, 0.1) is 6.42 Å².